The molecular weight excluding hydrogens is 160 g/mol. The molecule has 0 aliphatic heterocycles. The lowest BCUT2D eigenvalue weighted by atomic mass is 10.3. The molecular formula is C11H12N2. The Morgan fingerprint density at radius 3 is 2.62 bits per heavy atom. The summed E-state index contributed by atoms with van der Waals surface area (Å²) in [6.45, 7) is 4.32. The molecule has 0 atom stereocenters. The van der Waals surface area contributed by atoms with Gasteiger partial charge in [-0.05, 0) is 18.6 Å². The van der Waals surface area contributed by atoms with Gasteiger partial charge in [0.05, 0.1) is 5.69 Å². The summed E-state index contributed by atoms with van der Waals surface area (Å²) >= 11 is 0. The van der Waals surface area contributed by atoms with Crippen molar-refractivity contribution < 1.29 is 0 Å². The molecule has 1 aromatic carbocycles. The minimum Gasteiger partial charge on any atom is -0.279 e. The Labute approximate surface area is 78.7 Å². The summed E-state index contributed by atoms with van der Waals surface area (Å²) in [6, 6.07) is 9.63. The van der Waals surface area contributed by atoms with Crippen molar-refractivity contribution in [1.29, 1.82) is 5.26 Å². The quantitative estimate of drug-likeness (QED) is 0.396. The van der Waals surface area contributed by atoms with Gasteiger partial charge in [0.15, 0.2) is 6.19 Å². The zero-order chi connectivity index (χ0) is 9.52. The lowest BCUT2D eigenvalue weighted by Gasteiger charge is -2.13. The maximum Gasteiger partial charge on any atom is 0.184 e. The van der Waals surface area contributed by atoms with Crippen molar-refractivity contribution in [2.45, 2.75) is 6.42 Å². The number of nitrogens with zero attached hydrogens (tertiary/aromatic N) is 2. The van der Waals surface area contributed by atoms with Gasteiger partial charge in [-0.1, -0.05) is 24.3 Å². The van der Waals surface area contributed by atoms with Gasteiger partial charge in [0.25, 0.3) is 0 Å². The fraction of sp³-hybridized carbons (Fsp3) is 0.182. The second kappa shape index (κ2) is 5.00. The van der Waals surface area contributed by atoms with E-state index in [-0.39, 0.29) is 0 Å². The molecule has 0 aromatic heterocycles. The Morgan fingerprint density at radius 2 is 2.08 bits per heavy atom. The molecule has 0 radical (unpaired) electrons. The van der Waals surface area contributed by atoms with Crippen LogP contribution in [0.3, 0.4) is 0 Å². The fourth-order valence-corrected chi connectivity index (χ4v) is 1.07. The predicted molar refractivity (Wildman–Crippen MR) is 54.2 cm³/mol. The minimum atomic E-state index is 0.698. The van der Waals surface area contributed by atoms with E-state index in [0.29, 0.717) is 6.54 Å². The van der Waals surface area contributed by atoms with Crippen LogP contribution < -0.4 is 4.90 Å². The standard InChI is InChI=1S/C11H12N2/c1-2-3-9-13(10-12)11-7-5-4-6-8-11/h2,4-8H,1,3,9H2. The van der Waals surface area contributed by atoms with Crippen molar-refractivity contribution in [3.63, 3.8) is 0 Å². The number of para-hydroxylation sites is 1. The van der Waals surface area contributed by atoms with Crippen molar-refractivity contribution in [3.05, 3.63) is 43.0 Å². The average Bonchev–Trinajstić information content (AvgIpc) is 2.21. The van der Waals surface area contributed by atoms with E-state index in [2.05, 4.69) is 12.8 Å². The van der Waals surface area contributed by atoms with Crippen molar-refractivity contribution in [2.24, 2.45) is 0 Å². The molecule has 66 valence electrons. The van der Waals surface area contributed by atoms with Gasteiger partial charge in [0, 0.05) is 6.54 Å². The highest BCUT2D eigenvalue weighted by Gasteiger charge is 2.01. The molecule has 0 unspecified atom stereocenters. The minimum absolute atomic E-state index is 0.698. The monoisotopic (exact) mass is 172 g/mol. The van der Waals surface area contributed by atoms with Crippen LogP contribution in [0, 0.1) is 11.5 Å². The van der Waals surface area contributed by atoms with E-state index in [1.54, 1.807) is 4.90 Å². The fourth-order valence-electron chi connectivity index (χ4n) is 1.07. The Morgan fingerprint density at radius 1 is 1.38 bits per heavy atom. The normalized spacial score (nSPS) is 8.85. The van der Waals surface area contributed by atoms with Crippen molar-refractivity contribution in [3.8, 4) is 6.19 Å². The second-order valence-electron chi connectivity index (χ2n) is 2.66. The Bertz CT molecular complexity index is 298. The summed E-state index contributed by atoms with van der Waals surface area (Å²) in [6.07, 6.45) is 4.77. The molecule has 1 aromatic rings. The third-order valence-electron chi connectivity index (χ3n) is 1.75. The maximum atomic E-state index is 8.85. The molecule has 0 saturated heterocycles. The highest BCUT2D eigenvalue weighted by atomic mass is 15.1. The third kappa shape index (κ3) is 2.64. The molecule has 2 nitrogen and oxygen atoms in total. The number of rotatable bonds is 4. The molecule has 1 rings (SSSR count). The van der Waals surface area contributed by atoms with E-state index in [1.165, 1.54) is 0 Å². The van der Waals surface area contributed by atoms with E-state index < -0.39 is 0 Å². The van der Waals surface area contributed by atoms with Gasteiger partial charge < -0.3 is 0 Å². The molecule has 0 aliphatic rings. The number of hydrogen-bond donors (Lipinski definition) is 0. The van der Waals surface area contributed by atoms with Gasteiger partial charge in [-0.15, -0.1) is 6.58 Å². The van der Waals surface area contributed by atoms with E-state index >= 15 is 0 Å². The van der Waals surface area contributed by atoms with Gasteiger partial charge in [-0.2, -0.15) is 5.26 Å². The van der Waals surface area contributed by atoms with Crippen LogP contribution >= 0.6 is 0 Å². The molecule has 0 amide bonds. The zero-order valence-electron chi connectivity index (χ0n) is 7.48. The zero-order valence-corrected chi connectivity index (χ0v) is 7.48. The lowest BCUT2D eigenvalue weighted by Crippen LogP contribution is -2.16. The summed E-state index contributed by atoms with van der Waals surface area (Å²) < 4.78 is 0. The summed E-state index contributed by atoms with van der Waals surface area (Å²) in [5, 5.41) is 8.85. The van der Waals surface area contributed by atoms with Crippen molar-refractivity contribution in [2.75, 3.05) is 11.4 Å². The van der Waals surface area contributed by atoms with Gasteiger partial charge in [-0.3, -0.25) is 4.90 Å². The number of nitriles is 1. The molecule has 0 fully saturated rings. The largest absolute Gasteiger partial charge is 0.279 e. The van der Waals surface area contributed by atoms with Crippen LogP contribution in [0.25, 0.3) is 0 Å². The van der Waals surface area contributed by atoms with Crippen LogP contribution in [0.4, 0.5) is 5.69 Å². The van der Waals surface area contributed by atoms with Crippen LogP contribution in [-0.2, 0) is 0 Å². The van der Waals surface area contributed by atoms with Gasteiger partial charge in [-0.25, -0.2) is 0 Å². The SMILES string of the molecule is C=CCCN(C#N)c1ccccc1. The first-order chi connectivity index (χ1) is 6.38. The van der Waals surface area contributed by atoms with Crippen LogP contribution in [-0.4, -0.2) is 6.54 Å². The highest BCUT2D eigenvalue weighted by Crippen LogP contribution is 2.11. The number of anilines is 1. The van der Waals surface area contributed by atoms with Crippen molar-refractivity contribution in [1.82, 2.24) is 0 Å². The van der Waals surface area contributed by atoms with Gasteiger partial charge >= 0.3 is 0 Å². The maximum absolute atomic E-state index is 8.85. The van der Waals surface area contributed by atoms with Crippen LogP contribution in [0.2, 0.25) is 0 Å². The first-order valence-electron chi connectivity index (χ1n) is 4.21. The second-order valence-corrected chi connectivity index (χ2v) is 2.66. The third-order valence-corrected chi connectivity index (χ3v) is 1.75. The number of hydrogen-bond acceptors (Lipinski definition) is 2. The molecule has 0 bridgehead atoms. The van der Waals surface area contributed by atoms with E-state index in [1.807, 2.05) is 36.4 Å². The Kier molecular flexibility index (Phi) is 3.59. The smallest absolute Gasteiger partial charge is 0.184 e. The highest BCUT2D eigenvalue weighted by molar-refractivity contribution is 5.49. The van der Waals surface area contributed by atoms with E-state index in [0.717, 1.165) is 12.1 Å². The molecule has 0 saturated carbocycles. The average molecular weight is 172 g/mol. The molecule has 0 spiro atoms. The predicted octanol–water partition coefficient (Wildman–Crippen LogP) is 2.55. The number of benzene rings is 1. The topological polar surface area (TPSA) is 27.0 Å². The van der Waals surface area contributed by atoms with E-state index in [9.17, 15) is 0 Å². The summed E-state index contributed by atoms with van der Waals surface area (Å²) in [5.41, 5.74) is 0.937. The molecule has 0 aliphatic carbocycles. The first kappa shape index (κ1) is 9.34. The first-order valence-corrected chi connectivity index (χ1v) is 4.21. The van der Waals surface area contributed by atoms with E-state index in [4.69, 9.17) is 5.26 Å². The Hall–Kier alpha value is -1.75. The van der Waals surface area contributed by atoms with Crippen LogP contribution in [0.5, 0.6) is 0 Å². The molecule has 0 heterocycles. The Balaban J connectivity index is 2.68. The van der Waals surface area contributed by atoms with Crippen LogP contribution in [0.1, 0.15) is 6.42 Å². The molecule has 13 heavy (non-hydrogen) atoms. The van der Waals surface area contributed by atoms with Crippen molar-refractivity contribution >= 4 is 5.69 Å². The summed E-state index contributed by atoms with van der Waals surface area (Å²) in [4.78, 5) is 1.65. The van der Waals surface area contributed by atoms with Gasteiger partial charge in [0.2, 0.25) is 0 Å². The lowest BCUT2D eigenvalue weighted by molar-refractivity contribution is 0.944. The molecule has 0 N–H and O–H groups in total. The van der Waals surface area contributed by atoms with Crippen LogP contribution in [0.15, 0.2) is 43.0 Å². The van der Waals surface area contributed by atoms with Gasteiger partial charge in [0.1, 0.15) is 0 Å². The molecule has 2 heteroatoms. The summed E-state index contributed by atoms with van der Waals surface area (Å²) in [5.74, 6) is 0. The summed E-state index contributed by atoms with van der Waals surface area (Å²) in [7, 11) is 0.